The number of halogens is 1. The van der Waals surface area contributed by atoms with Gasteiger partial charge in [0, 0.05) is 28.9 Å². The highest BCUT2D eigenvalue weighted by atomic mass is 127. The lowest BCUT2D eigenvalue weighted by Crippen LogP contribution is -2.40. The van der Waals surface area contributed by atoms with Gasteiger partial charge in [0.05, 0.1) is 5.92 Å². The van der Waals surface area contributed by atoms with Crippen molar-refractivity contribution in [1.82, 2.24) is 3.53 Å². The SMILES string of the molecule is O=C(O)C1CC(NI)C1. The standard InChI is InChI=1S/C5H8INO2/c6-7-4-1-3(2-4)5(8)9/h3-4,7H,1-2H2,(H,8,9). The van der Waals surface area contributed by atoms with Crippen molar-refractivity contribution in [3.05, 3.63) is 0 Å². The molecule has 0 aliphatic heterocycles. The molecule has 0 heterocycles. The molecule has 0 atom stereocenters. The van der Waals surface area contributed by atoms with Crippen LogP contribution in [-0.2, 0) is 4.79 Å². The average Bonchev–Trinajstić information content (AvgIpc) is 1.61. The second-order valence-electron chi connectivity index (χ2n) is 2.31. The Labute approximate surface area is 67.3 Å². The molecule has 1 aliphatic rings. The Morgan fingerprint density at radius 3 is 2.56 bits per heavy atom. The van der Waals surface area contributed by atoms with Gasteiger partial charge in [0.1, 0.15) is 0 Å². The summed E-state index contributed by atoms with van der Waals surface area (Å²) in [6.07, 6.45) is 1.58. The summed E-state index contributed by atoms with van der Waals surface area (Å²) in [7, 11) is 0. The largest absolute Gasteiger partial charge is 0.481 e. The fourth-order valence-corrected chi connectivity index (χ4v) is 1.42. The Balaban J connectivity index is 2.19. The van der Waals surface area contributed by atoms with Crippen molar-refractivity contribution in [2.45, 2.75) is 18.9 Å². The van der Waals surface area contributed by atoms with Gasteiger partial charge in [-0.25, -0.2) is 0 Å². The minimum atomic E-state index is -0.655. The fraction of sp³-hybridized carbons (Fsp3) is 0.800. The van der Waals surface area contributed by atoms with Gasteiger partial charge in [-0.2, -0.15) is 0 Å². The Hall–Kier alpha value is 0.160. The van der Waals surface area contributed by atoms with E-state index in [1.165, 1.54) is 0 Å². The van der Waals surface area contributed by atoms with E-state index < -0.39 is 5.97 Å². The molecule has 52 valence electrons. The number of rotatable bonds is 2. The molecule has 0 radical (unpaired) electrons. The quantitative estimate of drug-likeness (QED) is 0.555. The molecule has 0 unspecified atom stereocenters. The fourth-order valence-electron chi connectivity index (χ4n) is 0.909. The van der Waals surface area contributed by atoms with Gasteiger partial charge in [-0.1, -0.05) is 0 Å². The highest BCUT2D eigenvalue weighted by Crippen LogP contribution is 2.27. The van der Waals surface area contributed by atoms with Crippen molar-refractivity contribution in [3.8, 4) is 0 Å². The first-order chi connectivity index (χ1) is 4.24. The van der Waals surface area contributed by atoms with Gasteiger partial charge in [-0.3, -0.25) is 8.32 Å². The Morgan fingerprint density at radius 2 is 2.22 bits per heavy atom. The van der Waals surface area contributed by atoms with Gasteiger partial charge in [0.2, 0.25) is 0 Å². The van der Waals surface area contributed by atoms with Gasteiger partial charge in [0.25, 0.3) is 0 Å². The molecule has 0 amide bonds. The minimum Gasteiger partial charge on any atom is -0.481 e. The first-order valence-corrected chi connectivity index (χ1v) is 3.91. The smallest absolute Gasteiger partial charge is 0.306 e. The van der Waals surface area contributed by atoms with E-state index in [0.29, 0.717) is 6.04 Å². The minimum absolute atomic E-state index is 0.0859. The van der Waals surface area contributed by atoms with Crippen LogP contribution >= 0.6 is 22.9 Å². The highest BCUT2D eigenvalue weighted by Gasteiger charge is 2.33. The van der Waals surface area contributed by atoms with Crippen LogP contribution in [0.15, 0.2) is 0 Å². The summed E-state index contributed by atoms with van der Waals surface area (Å²) >= 11 is 2.06. The van der Waals surface area contributed by atoms with Crippen LogP contribution in [0.25, 0.3) is 0 Å². The van der Waals surface area contributed by atoms with Gasteiger partial charge in [0.15, 0.2) is 0 Å². The van der Waals surface area contributed by atoms with Gasteiger partial charge in [-0.05, 0) is 12.8 Å². The van der Waals surface area contributed by atoms with E-state index in [1.807, 2.05) is 0 Å². The number of hydrogen-bond acceptors (Lipinski definition) is 2. The molecular formula is C5H8INO2. The zero-order valence-corrected chi connectivity index (χ0v) is 6.96. The van der Waals surface area contributed by atoms with Crippen LogP contribution in [0.3, 0.4) is 0 Å². The van der Waals surface area contributed by atoms with Gasteiger partial charge >= 0.3 is 5.97 Å². The molecule has 1 aliphatic carbocycles. The van der Waals surface area contributed by atoms with Crippen LogP contribution in [0, 0.1) is 5.92 Å². The van der Waals surface area contributed by atoms with Crippen LogP contribution < -0.4 is 3.53 Å². The van der Waals surface area contributed by atoms with Crippen LogP contribution in [0.2, 0.25) is 0 Å². The molecule has 0 bridgehead atoms. The summed E-state index contributed by atoms with van der Waals surface area (Å²) in [6, 6.07) is 0.437. The van der Waals surface area contributed by atoms with E-state index in [1.54, 1.807) is 0 Å². The number of hydrogen-bond donors (Lipinski definition) is 2. The summed E-state index contributed by atoms with van der Waals surface area (Å²) in [5.74, 6) is -0.741. The molecule has 9 heavy (non-hydrogen) atoms. The summed E-state index contributed by atoms with van der Waals surface area (Å²) in [5.41, 5.74) is 0. The molecule has 0 aromatic heterocycles. The zero-order chi connectivity index (χ0) is 6.85. The van der Waals surface area contributed by atoms with E-state index in [9.17, 15) is 4.79 Å². The lowest BCUT2D eigenvalue weighted by molar-refractivity contribution is -0.145. The number of carbonyl (C=O) groups is 1. The van der Waals surface area contributed by atoms with E-state index in [-0.39, 0.29) is 5.92 Å². The summed E-state index contributed by atoms with van der Waals surface area (Å²) in [4.78, 5) is 10.2. The number of carboxylic acids is 1. The van der Waals surface area contributed by atoms with E-state index in [0.717, 1.165) is 12.8 Å². The molecule has 0 aromatic rings. The Bertz CT molecular complexity index is 122. The van der Waals surface area contributed by atoms with Crippen LogP contribution in [-0.4, -0.2) is 17.1 Å². The second-order valence-corrected chi connectivity index (χ2v) is 2.94. The molecule has 3 nitrogen and oxygen atoms in total. The number of nitrogens with one attached hydrogen (secondary N) is 1. The maximum Gasteiger partial charge on any atom is 0.306 e. The van der Waals surface area contributed by atoms with E-state index in [2.05, 4.69) is 26.4 Å². The van der Waals surface area contributed by atoms with Crippen molar-refractivity contribution in [2.24, 2.45) is 5.92 Å². The van der Waals surface area contributed by atoms with Crippen LogP contribution in [0.4, 0.5) is 0 Å². The van der Waals surface area contributed by atoms with Gasteiger partial charge < -0.3 is 5.11 Å². The second kappa shape index (κ2) is 2.83. The predicted octanol–water partition coefficient (Wildman–Crippen LogP) is 0.789. The first kappa shape index (κ1) is 7.27. The highest BCUT2D eigenvalue weighted by molar-refractivity contribution is 14.1. The summed E-state index contributed by atoms with van der Waals surface area (Å²) in [6.45, 7) is 0. The predicted molar refractivity (Wildman–Crippen MR) is 41.3 cm³/mol. The van der Waals surface area contributed by atoms with Crippen molar-refractivity contribution in [2.75, 3.05) is 0 Å². The number of aliphatic carboxylic acids is 1. The van der Waals surface area contributed by atoms with Crippen molar-refractivity contribution >= 4 is 28.8 Å². The topological polar surface area (TPSA) is 49.3 Å². The average molecular weight is 241 g/mol. The van der Waals surface area contributed by atoms with Gasteiger partial charge in [-0.15, -0.1) is 0 Å². The molecule has 1 saturated carbocycles. The van der Waals surface area contributed by atoms with Crippen molar-refractivity contribution < 1.29 is 9.90 Å². The Kier molecular flexibility index (Phi) is 2.29. The van der Waals surface area contributed by atoms with Crippen molar-refractivity contribution in [3.63, 3.8) is 0 Å². The Morgan fingerprint density at radius 1 is 1.67 bits per heavy atom. The third-order valence-electron chi connectivity index (χ3n) is 1.64. The molecule has 1 fully saturated rings. The van der Waals surface area contributed by atoms with E-state index >= 15 is 0 Å². The summed E-state index contributed by atoms with van der Waals surface area (Å²) < 4.78 is 2.99. The lowest BCUT2D eigenvalue weighted by atomic mass is 9.81. The summed E-state index contributed by atoms with van der Waals surface area (Å²) in [5, 5.41) is 8.42. The zero-order valence-electron chi connectivity index (χ0n) is 4.80. The third kappa shape index (κ3) is 1.54. The molecule has 2 N–H and O–H groups in total. The normalized spacial score (nSPS) is 33.4. The van der Waals surface area contributed by atoms with Crippen LogP contribution in [0.1, 0.15) is 12.8 Å². The first-order valence-electron chi connectivity index (χ1n) is 2.83. The third-order valence-corrected chi connectivity index (χ3v) is 2.52. The van der Waals surface area contributed by atoms with E-state index in [4.69, 9.17) is 5.11 Å². The number of carboxylic acid groups (broad SMARTS) is 1. The van der Waals surface area contributed by atoms with Crippen LogP contribution in [0.5, 0.6) is 0 Å². The molecule has 0 spiro atoms. The molecule has 1 rings (SSSR count). The molecule has 0 saturated heterocycles. The monoisotopic (exact) mass is 241 g/mol. The molecule has 0 aromatic carbocycles. The van der Waals surface area contributed by atoms with Crippen molar-refractivity contribution in [1.29, 1.82) is 0 Å². The molecular weight excluding hydrogens is 233 g/mol. The lowest BCUT2D eigenvalue weighted by Gasteiger charge is -2.30. The maximum atomic E-state index is 10.2. The maximum absolute atomic E-state index is 10.2. The molecule has 4 heteroatoms.